The van der Waals surface area contributed by atoms with Gasteiger partial charge in [0.05, 0.1) is 12.0 Å². The van der Waals surface area contributed by atoms with Crippen LogP contribution >= 0.6 is 0 Å². The number of rotatable bonds is 5. The Morgan fingerprint density at radius 2 is 1.71 bits per heavy atom. The lowest BCUT2D eigenvalue weighted by molar-refractivity contribution is 0.0623. The summed E-state index contributed by atoms with van der Waals surface area (Å²) in [6, 6.07) is 12.8. The molecule has 1 N–H and O–H groups in total. The van der Waals surface area contributed by atoms with Gasteiger partial charge in [-0.1, -0.05) is 19.9 Å². The smallest absolute Gasteiger partial charge is 0.261 e. The van der Waals surface area contributed by atoms with E-state index in [1.165, 1.54) is 12.1 Å². The Hall–Kier alpha value is -2.54. The number of piperidine rings is 1. The number of ether oxygens (including phenoxy) is 1. The molecule has 0 radical (unpaired) electrons. The molecule has 1 saturated heterocycles. The molecule has 2 aromatic rings. The molecule has 1 aliphatic rings. The SMILES string of the molecule is COc1ccc(NS(=O)(=O)c2cccc(C(=O)N3CC(C)CC(C)C3)c2)cc1. The van der Waals surface area contributed by atoms with Gasteiger partial charge in [0.25, 0.3) is 15.9 Å². The van der Waals surface area contributed by atoms with Crippen molar-refractivity contribution in [2.24, 2.45) is 11.8 Å². The fourth-order valence-electron chi connectivity index (χ4n) is 3.68. The van der Waals surface area contributed by atoms with Gasteiger partial charge >= 0.3 is 0 Å². The number of hydrogen-bond acceptors (Lipinski definition) is 4. The molecule has 2 atom stereocenters. The van der Waals surface area contributed by atoms with E-state index in [2.05, 4.69) is 18.6 Å². The summed E-state index contributed by atoms with van der Waals surface area (Å²) in [5.74, 6) is 1.40. The summed E-state index contributed by atoms with van der Waals surface area (Å²) in [5, 5.41) is 0. The van der Waals surface area contributed by atoms with Gasteiger partial charge in [-0.2, -0.15) is 0 Å². The van der Waals surface area contributed by atoms with Crippen molar-refractivity contribution in [2.45, 2.75) is 25.2 Å². The Morgan fingerprint density at radius 1 is 1.07 bits per heavy atom. The molecule has 0 spiro atoms. The number of benzene rings is 2. The fourth-order valence-corrected chi connectivity index (χ4v) is 4.78. The minimum absolute atomic E-state index is 0.0623. The van der Waals surface area contributed by atoms with Crippen molar-refractivity contribution < 1.29 is 17.9 Å². The summed E-state index contributed by atoms with van der Waals surface area (Å²) in [7, 11) is -2.26. The van der Waals surface area contributed by atoms with Crippen molar-refractivity contribution in [3.63, 3.8) is 0 Å². The molecule has 150 valence electrons. The van der Waals surface area contributed by atoms with E-state index in [9.17, 15) is 13.2 Å². The zero-order valence-corrected chi connectivity index (χ0v) is 17.2. The van der Waals surface area contributed by atoms with Crippen LogP contribution in [-0.2, 0) is 10.0 Å². The maximum atomic E-state index is 12.9. The molecule has 6 nitrogen and oxygen atoms in total. The van der Waals surface area contributed by atoms with E-state index in [4.69, 9.17) is 4.74 Å². The van der Waals surface area contributed by atoms with Crippen LogP contribution in [-0.4, -0.2) is 39.4 Å². The van der Waals surface area contributed by atoms with Crippen LogP contribution in [0.1, 0.15) is 30.6 Å². The maximum absolute atomic E-state index is 12.9. The third-order valence-electron chi connectivity index (χ3n) is 4.89. The Balaban J connectivity index is 1.80. The van der Waals surface area contributed by atoms with E-state index in [1.807, 2.05) is 4.90 Å². The van der Waals surface area contributed by atoms with E-state index in [-0.39, 0.29) is 10.8 Å². The summed E-state index contributed by atoms with van der Waals surface area (Å²) in [4.78, 5) is 14.8. The lowest BCUT2D eigenvalue weighted by Gasteiger charge is -2.35. The lowest BCUT2D eigenvalue weighted by Crippen LogP contribution is -2.42. The third kappa shape index (κ3) is 4.65. The van der Waals surface area contributed by atoms with E-state index in [0.717, 1.165) is 6.42 Å². The molecular weight excluding hydrogens is 376 g/mol. The Bertz CT molecular complexity index is 931. The summed E-state index contributed by atoms with van der Waals surface area (Å²) in [6.45, 7) is 5.67. The predicted octanol–water partition coefficient (Wildman–Crippen LogP) is 3.61. The largest absolute Gasteiger partial charge is 0.497 e. The molecule has 0 aliphatic carbocycles. The van der Waals surface area contributed by atoms with Gasteiger partial charge in [-0.25, -0.2) is 8.42 Å². The summed E-state index contributed by atoms with van der Waals surface area (Å²) < 4.78 is 33.1. The van der Waals surface area contributed by atoms with Crippen LogP contribution in [0, 0.1) is 11.8 Å². The topological polar surface area (TPSA) is 75.7 Å². The molecule has 1 aliphatic heterocycles. The highest BCUT2D eigenvalue weighted by Crippen LogP contribution is 2.24. The molecule has 3 rings (SSSR count). The van der Waals surface area contributed by atoms with Gasteiger partial charge in [-0.05, 0) is 60.7 Å². The van der Waals surface area contributed by atoms with Crippen LogP contribution < -0.4 is 9.46 Å². The molecule has 0 aromatic heterocycles. The van der Waals surface area contributed by atoms with Crippen molar-refractivity contribution in [3.8, 4) is 5.75 Å². The number of nitrogens with one attached hydrogen (secondary N) is 1. The predicted molar refractivity (Wildman–Crippen MR) is 109 cm³/mol. The summed E-state index contributed by atoms with van der Waals surface area (Å²) >= 11 is 0. The standard InChI is InChI=1S/C21H26N2O4S/c1-15-11-16(2)14-23(13-15)21(24)17-5-4-6-20(12-17)28(25,26)22-18-7-9-19(27-3)10-8-18/h4-10,12,15-16,22H,11,13-14H2,1-3H3. The van der Waals surface area contributed by atoms with E-state index in [1.54, 1.807) is 43.5 Å². The zero-order valence-electron chi connectivity index (χ0n) is 16.4. The highest BCUT2D eigenvalue weighted by atomic mass is 32.2. The molecule has 0 bridgehead atoms. The molecular formula is C21H26N2O4S. The highest BCUT2D eigenvalue weighted by Gasteiger charge is 2.27. The molecule has 2 aromatic carbocycles. The first-order chi connectivity index (χ1) is 13.3. The Labute approximate surface area is 166 Å². The van der Waals surface area contributed by atoms with Gasteiger partial charge in [-0.3, -0.25) is 9.52 Å². The molecule has 1 amide bonds. The number of methoxy groups -OCH3 is 1. The van der Waals surface area contributed by atoms with Gasteiger partial charge in [0.2, 0.25) is 0 Å². The monoisotopic (exact) mass is 402 g/mol. The Kier molecular flexibility index (Phi) is 5.93. The quantitative estimate of drug-likeness (QED) is 0.829. The van der Waals surface area contributed by atoms with Crippen molar-refractivity contribution in [1.82, 2.24) is 4.90 Å². The first kappa shape index (κ1) is 20.2. The number of carbonyl (C=O) groups excluding carboxylic acids is 1. The first-order valence-electron chi connectivity index (χ1n) is 9.34. The van der Waals surface area contributed by atoms with Crippen molar-refractivity contribution in [3.05, 3.63) is 54.1 Å². The van der Waals surface area contributed by atoms with Crippen LogP contribution in [0.5, 0.6) is 5.75 Å². The van der Waals surface area contributed by atoms with E-state index in [0.29, 0.717) is 41.9 Å². The van der Waals surface area contributed by atoms with Crippen molar-refractivity contribution >= 4 is 21.6 Å². The third-order valence-corrected chi connectivity index (χ3v) is 6.27. The molecule has 28 heavy (non-hydrogen) atoms. The van der Waals surface area contributed by atoms with Crippen molar-refractivity contribution in [1.29, 1.82) is 0 Å². The van der Waals surface area contributed by atoms with Gasteiger partial charge in [0.1, 0.15) is 5.75 Å². The van der Waals surface area contributed by atoms with Gasteiger partial charge in [-0.15, -0.1) is 0 Å². The van der Waals surface area contributed by atoms with E-state index >= 15 is 0 Å². The number of hydrogen-bond donors (Lipinski definition) is 1. The summed E-state index contributed by atoms with van der Waals surface area (Å²) in [5.41, 5.74) is 0.815. The number of likely N-dealkylation sites (tertiary alicyclic amines) is 1. The van der Waals surface area contributed by atoms with E-state index < -0.39 is 10.0 Å². The molecule has 1 heterocycles. The average molecular weight is 403 g/mol. The number of amides is 1. The van der Waals surface area contributed by atoms with Crippen LogP contribution in [0.2, 0.25) is 0 Å². The molecule has 7 heteroatoms. The number of sulfonamides is 1. The average Bonchev–Trinajstić information content (AvgIpc) is 2.67. The molecule has 2 unspecified atom stereocenters. The summed E-state index contributed by atoms with van der Waals surface area (Å²) in [6.07, 6.45) is 1.10. The lowest BCUT2D eigenvalue weighted by atomic mass is 9.91. The Morgan fingerprint density at radius 3 is 2.32 bits per heavy atom. The van der Waals surface area contributed by atoms with Crippen LogP contribution in [0.25, 0.3) is 0 Å². The van der Waals surface area contributed by atoms with Gasteiger partial charge in [0, 0.05) is 24.3 Å². The van der Waals surface area contributed by atoms with Crippen LogP contribution in [0.15, 0.2) is 53.4 Å². The van der Waals surface area contributed by atoms with Gasteiger partial charge in [0.15, 0.2) is 0 Å². The minimum Gasteiger partial charge on any atom is -0.497 e. The number of carbonyl (C=O) groups is 1. The molecule has 0 saturated carbocycles. The number of nitrogens with zero attached hydrogens (tertiary/aromatic N) is 1. The first-order valence-corrected chi connectivity index (χ1v) is 10.8. The fraction of sp³-hybridized carbons (Fsp3) is 0.381. The second-order valence-electron chi connectivity index (χ2n) is 7.52. The normalized spacial score (nSPS) is 19.9. The number of anilines is 1. The van der Waals surface area contributed by atoms with Crippen molar-refractivity contribution in [2.75, 3.05) is 24.9 Å². The molecule has 1 fully saturated rings. The second-order valence-corrected chi connectivity index (χ2v) is 9.20. The van der Waals surface area contributed by atoms with Gasteiger partial charge < -0.3 is 9.64 Å². The maximum Gasteiger partial charge on any atom is 0.261 e. The van der Waals surface area contributed by atoms with Crippen LogP contribution in [0.4, 0.5) is 5.69 Å². The minimum atomic E-state index is -3.80. The highest BCUT2D eigenvalue weighted by molar-refractivity contribution is 7.92. The van der Waals surface area contributed by atoms with Crippen LogP contribution in [0.3, 0.4) is 0 Å². The second kappa shape index (κ2) is 8.22. The zero-order chi connectivity index (χ0) is 20.3.